The van der Waals surface area contributed by atoms with Gasteiger partial charge in [-0.1, -0.05) is 73.2 Å². The van der Waals surface area contributed by atoms with E-state index >= 15 is 0 Å². The van der Waals surface area contributed by atoms with Crippen LogP contribution in [0.1, 0.15) is 60.8 Å². The van der Waals surface area contributed by atoms with Crippen LogP contribution >= 0.6 is 0 Å². The predicted molar refractivity (Wildman–Crippen MR) is 150 cm³/mol. The molecule has 1 saturated heterocycles. The lowest BCUT2D eigenvalue weighted by atomic mass is 9.70. The van der Waals surface area contributed by atoms with Crippen molar-refractivity contribution in [2.45, 2.75) is 62.3 Å². The van der Waals surface area contributed by atoms with Gasteiger partial charge in [0.2, 0.25) is 6.41 Å². The molecule has 5 rings (SSSR count). The van der Waals surface area contributed by atoms with Crippen LogP contribution in [-0.4, -0.2) is 43.6 Å². The first kappa shape index (κ1) is 25.5. The molecule has 1 heterocycles. The van der Waals surface area contributed by atoms with Crippen molar-refractivity contribution in [3.05, 3.63) is 101 Å². The second kappa shape index (κ2) is 11.5. The van der Waals surface area contributed by atoms with Crippen molar-refractivity contribution < 1.29 is 9.53 Å². The minimum Gasteiger partial charge on any atom is -0.497 e. The van der Waals surface area contributed by atoms with Gasteiger partial charge in [-0.2, -0.15) is 0 Å². The zero-order valence-corrected chi connectivity index (χ0v) is 22.1. The summed E-state index contributed by atoms with van der Waals surface area (Å²) >= 11 is 0. The number of fused-ring (bicyclic) bond motifs is 1. The van der Waals surface area contributed by atoms with E-state index in [0.717, 1.165) is 44.4 Å². The number of benzene rings is 3. The van der Waals surface area contributed by atoms with Gasteiger partial charge in [0.25, 0.3) is 0 Å². The largest absolute Gasteiger partial charge is 0.497 e. The number of nitrogens with zero attached hydrogens (tertiary/aromatic N) is 1. The van der Waals surface area contributed by atoms with Crippen LogP contribution < -0.4 is 10.1 Å². The van der Waals surface area contributed by atoms with Crippen molar-refractivity contribution in [3.8, 4) is 5.75 Å². The molecule has 1 spiro atoms. The fraction of sp³-hybridized carbons (Fsp3) is 0.424. The molecule has 1 N–H and O–H groups in total. The van der Waals surface area contributed by atoms with Crippen molar-refractivity contribution in [2.24, 2.45) is 0 Å². The SMILES string of the molecule is COc1ccc2c(c1)CCC1(CCCCN1CCCC(CNC=O)(c1ccccc1)c1ccccc1)C2. The van der Waals surface area contributed by atoms with Gasteiger partial charge in [-0.15, -0.1) is 0 Å². The number of methoxy groups -OCH3 is 1. The van der Waals surface area contributed by atoms with E-state index in [2.05, 4.69) is 89.1 Å². The number of hydrogen-bond donors (Lipinski definition) is 1. The van der Waals surface area contributed by atoms with Crippen molar-refractivity contribution in [1.29, 1.82) is 0 Å². The molecular weight excluding hydrogens is 456 g/mol. The molecule has 194 valence electrons. The summed E-state index contributed by atoms with van der Waals surface area (Å²) in [4.78, 5) is 14.3. The number of piperidine rings is 1. The molecule has 0 radical (unpaired) electrons. The zero-order chi connectivity index (χ0) is 25.6. The average Bonchev–Trinajstić information content (AvgIpc) is 2.96. The van der Waals surface area contributed by atoms with E-state index in [1.807, 2.05) is 0 Å². The van der Waals surface area contributed by atoms with Crippen molar-refractivity contribution >= 4 is 6.41 Å². The number of ether oxygens (including phenoxy) is 1. The van der Waals surface area contributed by atoms with Gasteiger partial charge in [0.15, 0.2) is 0 Å². The minimum absolute atomic E-state index is 0.248. The molecule has 4 heteroatoms. The normalized spacial score (nSPS) is 19.8. The van der Waals surface area contributed by atoms with Crippen molar-refractivity contribution in [3.63, 3.8) is 0 Å². The fourth-order valence-corrected chi connectivity index (χ4v) is 6.98. The molecule has 0 aromatic heterocycles. The highest BCUT2D eigenvalue weighted by Gasteiger charge is 2.41. The van der Waals surface area contributed by atoms with Crippen molar-refractivity contribution in [1.82, 2.24) is 10.2 Å². The third-order valence-corrected chi connectivity index (χ3v) is 8.96. The monoisotopic (exact) mass is 496 g/mol. The van der Waals surface area contributed by atoms with Crippen LogP contribution in [0.4, 0.5) is 0 Å². The van der Waals surface area contributed by atoms with Crippen LogP contribution in [0.25, 0.3) is 0 Å². The maximum absolute atomic E-state index is 11.5. The van der Waals surface area contributed by atoms with Crippen LogP contribution in [0.5, 0.6) is 5.75 Å². The average molecular weight is 497 g/mol. The number of hydrogen-bond acceptors (Lipinski definition) is 3. The fourth-order valence-electron chi connectivity index (χ4n) is 6.98. The summed E-state index contributed by atoms with van der Waals surface area (Å²) < 4.78 is 5.49. The van der Waals surface area contributed by atoms with Crippen LogP contribution in [0.3, 0.4) is 0 Å². The number of aryl methyl sites for hydroxylation is 1. The van der Waals surface area contributed by atoms with Gasteiger partial charge < -0.3 is 10.1 Å². The van der Waals surface area contributed by atoms with E-state index in [9.17, 15) is 4.79 Å². The molecule has 4 nitrogen and oxygen atoms in total. The molecule has 1 aliphatic carbocycles. The van der Waals surface area contributed by atoms with E-state index in [4.69, 9.17) is 4.74 Å². The maximum Gasteiger partial charge on any atom is 0.207 e. The number of likely N-dealkylation sites (tertiary alicyclic amines) is 1. The van der Waals surface area contributed by atoms with Gasteiger partial charge in [0, 0.05) is 17.5 Å². The molecule has 1 amide bonds. The first-order valence-electron chi connectivity index (χ1n) is 13.9. The van der Waals surface area contributed by atoms with E-state index in [0.29, 0.717) is 6.54 Å². The topological polar surface area (TPSA) is 41.6 Å². The summed E-state index contributed by atoms with van der Waals surface area (Å²) in [6.45, 7) is 2.88. The number of nitrogens with one attached hydrogen (secondary N) is 1. The molecule has 2 aliphatic rings. The quantitative estimate of drug-likeness (QED) is 0.354. The van der Waals surface area contributed by atoms with Crippen LogP contribution in [-0.2, 0) is 23.1 Å². The molecule has 0 bridgehead atoms. The molecule has 3 aromatic carbocycles. The zero-order valence-electron chi connectivity index (χ0n) is 22.1. The molecule has 37 heavy (non-hydrogen) atoms. The van der Waals surface area contributed by atoms with Gasteiger partial charge in [0.05, 0.1) is 7.11 Å². The Morgan fingerprint density at radius 3 is 2.35 bits per heavy atom. The summed E-state index contributed by atoms with van der Waals surface area (Å²) in [5, 5.41) is 3.05. The second-order valence-electron chi connectivity index (χ2n) is 10.9. The standard InChI is InChI=1S/C33H40N2O2/c1-37-31-16-15-28-24-32(20-17-27(28)23-31)18-8-9-21-35(32)22-10-19-33(25-34-26-36,29-11-4-2-5-12-29)30-13-6-3-7-14-30/h2-7,11-16,23,26H,8-10,17-22,24-25H2,1H3,(H,34,36). The molecule has 1 fully saturated rings. The third-order valence-electron chi connectivity index (χ3n) is 8.96. The van der Waals surface area contributed by atoms with Crippen molar-refractivity contribution in [2.75, 3.05) is 26.7 Å². The van der Waals surface area contributed by atoms with E-state index < -0.39 is 0 Å². The summed E-state index contributed by atoms with van der Waals surface area (Å²) in [6.07, 6.45) is 10.3. The summed E-state index contributed by atoms with van der Waals surface area (Å²) in [7, 11) is 1.75. The Kier molecular flexibility index (Phi) is 7.95. The predicted octanol–water partition coefficient (Wildman–Crippen LogP) is 5.92. The minimum atomic E-state index is -0.248. The van der Waals surface area contributed by atoms with Gasteiger partial charge in [-0.05, 0) is 92.4 Å². The molecule has 1 aliphatic heterocycles. The van der Waals surface area contributed by atoms with Gasteiger partial charge in [-0.25, -0.2) is 0 Å². The Morgan fingerprint density at radius 2 is 1.68 bits per heavy atom. The summed E-state index contributed by atoms with van der Waals surface area (Å²) in [5.41, 5.74) is 5.51. The maximum atomic E-state index is 11.5. The van der Waals surface area contributed by atoms with Gasteiger partial charge in [-0.3, -0.25) is 9.69 Å². The van der Waals surface area contributed by atoms with Crippen LogP contribution in [0.2, 0.25) is 0 Å². The summed E-state index contributed by atoms with van der Waals surface area (Å²) in [6, 6.07) is 28.1. The first-order chi connectivity index (χ1) is 18.2. The Balaban J connectivity index is 1.37. The summed E-state index contributed by atoms with van der Waals surface area (Å²) in [5.74, 6) is 0.970. The third kappa shape index (κ3) is 5.31. The highest BCUT2D eigenvalue weighted by atomic mass is 16.5. The molecular formula is C33H40N2O2. The Bertz CT molecular complexity index is 1120. The Morgan fingerprint density at radius 1 is 0.946 bits per heavy atom. The lowest BCUT2D eigenvalue weighted by Crippen LogP contribution is -2.55. The lowest BCUT2D eigenvalue weighted by Gasteiger charge is -2.50. The molecule has 0 saturated carbocycles. The number of carbonyl (C=O) groups is 1. The molecule has 1 atom stereocenters. The highest BCUT2D eigenvalue weighted by Crippen LogP contribution is 2.42. The van der Waals surface area contributed by atoms with Gasteiger partial charge >= 0.3 is 0 Å². The smallest absolute Gasteiger partial charge is 0.207 e. The lowest BCUT2D eigenvalue weighted by molar-refractivity contribution is -0.109. The molecule has 1 unspecified atom stereocenters. The van der Waals surface area contributed by atoms with Gasteiger partial charge in [0.1, 0.15) is 5.75 Å². The van der Waals surface area contributed by atoms with Crippen LogP contribution in [0, 0.1) is 0 Å². The molecule has 3 aromatic rings. The second-order valence-corrected chi connectivity index (χ2v) is 10.9. The highest BCUT2D eigenvalue weighted by molar-refractivity contribution is 5.49. The van der Waals surface area contributed by atoms with E-state index in [1.165, 1.54) is 54.5 Å². The Labute approximate surface area is 222 Å². The number of amides is 1. The first-order valence-corrected chi connectivity index (χ1v) is 13.9. The van der Waals surface area contributed by atoms with Crippen LogP contribution in [0.15, 0.2) is 78.9 Å². The number of carbonyl (C=O) groups excluding carboxylic acids is 1. The Hall–Kier alpha value is -3.11. The van der Waals surface area contributed by atoms with E-state index in [1.54, 1.807) is 7.11 Å². The van der Waals surface area contributed by atoms with E-state index in [-0.39, 0.29) is 11.0 Å². The number of rotatable bonds is 10.